The molecule has 8 heteroatoms. The number of aryl methyl sites for hydroxylation is 2. The Hall–Kier alpha value is -2.97. The smallest absolute Gasteiger partial charge is 0.245 e. The van der Waals surface area contributed by atoms with Crippen LogP contribution in [0.25, 0.3) is 11.1 Å². The lowest BCUT2D eigenvalue weighted by molar-refractivity contribution is -0.116. The number of carbonyl (C=O) groups is 1. The molecule has 1 aliphatic rings. The van der Waals surface area contributed by atoms with E-state index in [4.69, 9.17) is 4.52 Å². The third kappa shape index (κ3) is 3.81. The fraction of sp³-hybridized carbons (Fsp3) is 0.238. The van der Waals surface area contributed by atoms with Gasteiger partial charge >= 0.3 is 0 Å². The summed E-state index contributed by atoms with van der Waals surface area (Å²) in [7, 11) is -3.77. The Morgan fingerprint density at radius 1 is 1.10 bits per heavy atom. The number of anilines is 1. The summed E-state index contributed by atoms with van der Waals surface area (Å²) in [5, 5.41) is 6.49. The number of sulfonamides is 1. The molecule has 1 heterocycles. The molecule has 1 aliphatic carbocycles. The van der Waals surface area contributed by atoms with E-state index in [0.29, 0.717) is 11.4 Å². The molecule has 0 spiro atoms. The minimum Gasteiger partial charge on any atom is -0.360 e. The van der Waals surface area contributed by atoms with Gasteiger partial charge in [0.25, 0.3) is 0 Å². The summed E-state index contributed by atoms with van der Waals surface area (Å²) >= 11 is 0. The van der Waals surface area contributed by atoms with E-state index >= 15 is 0 Å². The number of hydrogen-bond acceptors (Lipinski definition) is 5. The largest absolute Gasteiger partial charge is 0.360 e. The molecular weight excluding hydrogens is 390 g/mol. The van der Waals surface area contributed by atoms with Gasteiger partial charge in [0.2, 0.25) is 15.9 Å². The lowest BCUT2D eigenvalue weighted by Crippen LogP contribution is -2.28. The van der Waals surface area contributed by atoms with Crippen molar-refractivity contribution in [1.82, 2.24) is 9.88 Å². The second-order valence-electron chi connectivity index (χ2n) is 7.06. The number of nitrogens with zero attached hydrogens (tertiary/aromatic N) is 1. The highest BCUT2D eigenvalue weighted by Gasteiger charge is 2.24. The summed E-state index contributed by atoms with van der Waals surface area (Å²) in [4.78, 5) is 12.3. The molecule has 0 bridgehead atoms. The fourth-order valence-corrected chi connectivity index (χ4v) is 5.03. The molecule has 0 saturated heterocycles. The Balaban J connectivity index is 1.36. The fourth-order valence-electron chi connectivity index (χ4n) is 3.68. The zero-order chi connectivity index (χ0) is 20.6. The zero-order valence-corrected chi connectivity index (χ0v) is 17.0. The third-order valence-electron chi connectivity index (χ3n) is 4.96. The van der Waals surface area contributed by atoms with Crippen LogP contribution in [0.1, 0.15) is 29.0 Å². The minimum absolute atomic E-state index is 0.0138. The second-order valence-corrected chi connectivity index (χ2v) is 8.76. The van der Waals surface area contributed by atoms with Crippen LogP contribution in [0.4, 0.5) is 5.69 Å². The van der Waals surface area contributed by atoms with E-state index in [1.54, 1.807) is 6.92 Å². The minimum atomic E-state index is -3.77. The first-order chi connectivity index (χ1) is 13.8. The van der Waals surface area contributed by atoms with Gasteiger partial charge in [-0.05, 0) is 54.7 Å². The number of hydrogen-bond donors (Lipinski definition) is 2. The summed E-state index contributed by atoms with van der Waals surface area (Å²) < 4.78 is 32.1. The van der Waals surface area contributed by atoms with E-state index < -0.39 is 10.0 Å². The van der Waals surface area contributed by atoms with E-state index in [0.717, 1.165) is 6.42 Å². The molecule has 1 aromatic heterocycles. The molecule has 0 aliphatic heterocycles. The molecule has 0 fully saturated rings. The molecule has 3 aromatic rings. The molecule has 150 valence electrons. The summed E-state index contributed by atoms with van der Waals surface area (Å²) in [5.41, 5.74) is 5.86. The number of aromatic nitrogens is 1. The van der Waals surface area contributed by atoms with Gasteiger partial charge < -0.3 is 9.84 Å². The first-order valence-electron chi connectivity index (χ1n) is 9.29. The van der Waals surface area contributed by atoms with Crippen LogP contribution < -0.4 is 10.0 Å². The van der Waals surface area contributed by atoms with Gasteiger partial charge in [-0.25, -0.2) is 13.1 Å². The molecule has 4 rings (SSSR count). The van der Waals surface area contributed by atoms with Crippen LogP contribution in [0.5, 0.6) is 0 Å². The van der Waals surface area contributed by atoms with Crippen molar-refractivity contribution in [3.8, 4) is 11.1 Å². The van der Waals surface area contributed by atoms with Gasteiger partial charge in [0, 0.05) is 18.7 Å². The molecule has 2 N–H and O–H groups in total. The normalized spacial score (nSPS) is 12.5. The summed E-state index contributed by atoms with van der Waals surface area (Å²) in [6, 6.07) is 14.1. The van der Waals surface area contributed by atoms with Crippen LogP contribution in [0, 0.1) is 13.8 Å². The Kier molecular flexibility index (Phi) is 4.97. The van der Waals surface area contributed by atoms with Crippen molar-refractivity contribution in [2.45, 2.75) is 31.6 Å². The van der Waals surface area contributed by atoms with Gasteiger partial charge in [-0.2, -0.15) is 0 Å². The summed E-state index contributed by atoms with van der Waals surface area (Å²) in [6.07, 6.45) is 0.854. The highest BCUT2D eigenvalue weighted by Crippen LogP contribution is 2.37. The Bertz CT molecular complexity index is 1180. The Morgan fingerprint density at radius 3 is 2.62 bits per heavy atom. The number of nitrogens with one attached hydrogen (secondary N) is 2. The van der Waals surface area contributed by atoms with Crippen molar-refractivity contribution in [3.05, 3.63) is 65.0 Å². The molecule has 0 saturated carbocycles. The molecule has 29 heavy (non-hydrogen) atoms. The van der Waals surface area contributed by atoms with Crippen LogP contribution in [0.3, 0.4) is 0 Å². The van der Waals surface area contributed by atoms with Crippen molar-refractivity contribution < 1.29 is 17.7 Å². The van der Waals surface area contributed by atoms with Crippen LogP contribution >= 0.6 is 0 Å². The average Bonchev–Trinajstić information content (AvgIpc) is 3.20. The zero-order valence-electron chi connectivity index (χ0n) is 16.2. The molecule has 0 unspecified atom stereocenters. The molecule has 2 aromatic carbocycles. The maximum Gasteiger partial charge on any atom is 0.245 e. The third-order valence-corrected chi connectivity index (χ3v) is 6.66. The monoisotopic (exact) mass is 411 g/mol. The van der Waals surface area contributed by atoms with Crippen LogP contribution in [-0.4, -0.2) is 26.0 Å². The van der Waals surface area contributed by atoms with Crippen LogP contribution in [-0.2, 0) is 21.2 Å². The maximum absolute atomic E-state index is 12.4. The van der Waals surface area contributed by atoms with E-state index in [2.05, 4.69) is 27.3 Å². The summed E-state index contributed by atoms with van der Waals surface area (Å²) in [6.45, 7) is 3.08. The first-order valence-corrected chi connectivity index (χ1v) is 10.8. The van der Waals surface area contributed by atoms with Gasteiger partial charge in [-0.15, -0.1) is 0 Å². The highest BCUT2D eigenvalue weighted by atomic mass is 32.2. The number of carbonyl (C=O) groups excluding carboxylic acids is 1. The number of amides is 1. The SMILES string of the molecule is Cc1noc(C)c1S(=O)(=O)NCCC(=O)Nc1ccc2c(c1)Cc1ccccc1-2. The van der Waals surface area contributed by atoms with E-state index in [-0.39, 0.29) is 29.5 Å². The average molecular weight is 411 g/mol. The molecule has 1 amide bonds. The molecule has 0 radical (unpaired) electrons. The van der Waals surface area contributed by atoms with Gasteiger partial charge in [0.1, 0.15) is 10.6 Å². The number of fused-ring (bicyclic) bond motifs is 3. The standard InChI is InChI=1S/C21H21N3O4S/c1-13-21(14(2)28-24-13)29(26,27)22-10-9-20(25)23-17-7-8-19-16(12-17)11-15-5-3-4-6-18(15)19/h3-8,12,22H,9-11H2,1-2H3,(H,23,25). The Labute approximate surface area is 169 Å². The highest BCUT2D eigenvalue weighted by molar-refractivity contribution is 7.89. The van der Waals surface area contributed by atoms with Crippen LogP contribution in [0.2, 0.25) is 0 Å². The van der Waals surface area contributed by atoms with Crippen molar-refractivity contribution in [2.75, 3.05) is 11.9 Å². The predicted octanol–water partition coefficient (Wildman–Crippen LogP) is 3.17. The predicted molar refractivity (Wildman–Crippen MR) is 109 cm³/mol. The van der Waals surface area contributed by atoms with Gasteiger partial charge in [0.15, 0.2) is 5.76 Å². The molecule has 0 atom stereocenters. The van der Waals surface area contributed by atoms with Gasteiger partial charge in [-0.1, -0.05) is 35.5 Å². The van der Waals surface area contributed by atoms with Crippen molar-refractivity contribution in [3.63, 3.8) is 0 Å². The lowest BCUT2D eigenvalue weighted by Gasteiger charge is -2.09. The van der Waals surface area contributed by atoms with Crippen molar-refractivity contribution in [1.29, 1.82) is 0 Å². The van der Waals surface area contributed by atoms with E-state index in [9.17, 15) is 13.2 Å². The second kappa shape index (κ2) is 7.46. The van der Waals surface area contributed by atoms with Gasteiger partial charge in [-0.3, -0.25) is 4.79 Å². The van der Waals surface area contributed by atoms with Crippen molar-refractivity contribution in [2.24, 2.45) is 0 Å². The van der Waals surface area contributed by atoms with Crippen molar-refractivity contribution >= 4 is 21.6 Å². The van der Waals surface area contributed by atoms with E-state index in [1.807, 2.05) is 30.3 Å². The lowest BCUT2D eigenvalue weighted by atomic mass is 10.1. The molecular formula is C21H21N3O4S. The topological polar surface area (TPSA) is 101 Å². The van der Waals surface area contributed by atoms with Gasteiger partial charge in [0.05, 0.1) is 0 Å². The first kappa shape index (κ1) is 19.4. The maximum atomic E-state index is 12.4. The number of benzene rings is 2. The number of rotatable bonds is 6. The Morgan fingerprint density at radius 2 is 1.86 bits per heavy atom. The van der Waals surface area contributed by atoms with Crippen LogP contribution in [0.15, 0.2) is 51.9 Å². The molecule has 7 nitrogen and oxygen atoms in total. The quantitative estimate of drug-likeness (QED) is 0.507. The van der Waals surface area contributed by atoms with E-state index in [1.165, 1.54) is 29.2 Å². The summed E-state index contributed by atoms with van der Waals surface area (Å²) in [5.74, 6) is -0.0412.